The first-order chi connectivity index (χ1) is 14.3. The number of anilines is 1. The summed E-state index contributed by atoms with van der Waals surface area (Å²) in [6.45, 7) is 3.33. The molecule has 1 aromatic heterocycles. The third-order valence-electron chi connectivity index (χ3n) is 4.51. The van der Waals surface area contributed by atoms with Crippen molar-refractivity contribution in [2.45, 2.75) is 18.6 Å². The highest BCUT2D eigenvalue weighted by atomic mass is 35.5. The fraction of sp³-hybridized carbons (Fsp3) is 0.200. The lowest BCUT2D eigenvalue weighted by Gasteiger charge is -2.25. The number of nitrogens with two attached hydrogens (primary N) is 1. The number of carbonyl (C=O) groups excluding carboxylic acids is 1. The van der Waals surface area contributed by atoms with E-state index in [1.807, 2.05) is 6.07 Å². The number of aromatic nitrogens is 1. The number of halogens is 2. The summed E-state index contributed by atoms with van der Waals surface area (Å²) in [4.78, 5) is 22.5. The smallest absolute Gasteiger partial charge is 0.249 e. The molecule has 1 aliphatic heterocycles. The highest BCUT2D eigenvalue weighted by molar-refractivity contribution is 7.80. The lowest BCUT2D eigenvalue weighted by atomic mass is 10.2. The van der Waals surface area contributed by atoms with Crippen LogP contribution in [0.15, 0.2) is 54.2 Å². The van der Waals surface area contributed by atoms with Gasteiger partial charge in [-0.1, -0.05) is 48.5 Å². The molecule has 30 heavy (non-hydrogen) atoms. The fourth-order valence-electron chi connectivity index (χ4n) is 3.09. The Hall–Kier alpha value is -2.88. The van der Waals surface area contributed by atoms with Crippen LogP contribution in [0.5, 0.6) is 0 Å². The number of pyridine rings is 1. The number of thiocarbonyl (C=S) groups is 1. The minimum absolute atomic E-state index is 0.106. The van der Waals surface area contributed by atoms with Gasteiger partial charge in [-0.3, -0.25) is 10.1 Å². The van der Waals surface area contributed by atoms with E-state index in [2.05, 4.69) is 21.9 Å². The van der Waals surface area contributed by atoms with Crippen molar-refractivity contribution in [1.82, 2.24) is 10.3 Å². The van der Waals surface area contributed by atoms with Gasteiger partial charge in [0.1, 0.15) is 23.5 Å². The molecule has 7 nitrogen and oxygen atoms in total. The average Bonchev–Trinajstić information content (AvgIpc) is 3.09. The fourth-order valence-corrected chi connectivity index (χ4v) is 3.56. The van der Waals surface area contributed by atoms with Crippen molar-refractivity contribution in [2.24, 2.45) is 10.7 Å². The average molecular weight is 448 g/mol. The quantitative estimate of drug-likeness (QED) is 0.378. The first kappa shape index (κ1) is 21.8. The van der Waals surface area contributed by atoms with Gasteiger partial charge in [0.05, 0.1) is 11.1 Å². The van der Waals surface area contributed by atoms with E-state index in [0.29, 0.717) is 5.56 Å². The lowest BCUT2D eigenvalue weighted by Crippen LogP contribution is -2.45. The van der Waals surface area contributed by atoms with Crippen molar-refractivity contribution in [3.8, 4) is 0 Å². The van der Waals surface area contributed by atoms with Crippen LogP contribution in [-0.2, 0) is 4.79 Å². The molecule has 2 heterocycles. The Morgan fingerprint density at radius 2 is 2.10 bits per heavy atom. The van der Waals surface area contributed by atoms with E-state index in [0.717, 1.165) is 0 Å². The minimum Gasteiger partial charge on any atom is -0.391 e. The third-order valence-corrected chi connectivity index (χ3v) is 4.98. The Labute approximate surface area is 183 Å². The summed E-state index contributed by atoms with van der Waals surface area (Å²) < 4.78 is 13.3. The zero-order chi connectivity index (χ0) is 21.8. The molecule has 10 heteroatoms. The lowest BCUT2D eigenvalue weighted by molar-refractivity contribution is -0.120. The molecule has 4 N–H and O–H groups in total. The largest absolute Gasteiger partial charge is 0.391 e. The van der Waals surface area contributed by atoms with Crippen molar-refractivity contribution < 1.29 is 14.3 Å². The van der Waals surface area contributed by atoms with Gasteiger partial charge in [0.15, 0.2) is 0 Å². The molecule has 2 aromatic rings. The second-order valence-corrected chi connectivity index (χ2v) is 7.44. The summed E-state index contributed by atoms with van der Waals surface area (Å²) in [5, 5.41) is 12.6. The molecule has 1 saturated heterocycles. The van der Waals surface area contributed by atoms with Crippen LogP contribution >= 0.6 is 23.8 Å². The van der Waals surface area contributed by atoms with E-state index in [1.165, 1.54) is 12.3 Å². The molecule has 1 fully saturated rings. The minimum atomic E-state index is -0.796. The maximum absolute atomic E-state index is 13.3. The number of β-amino-alcohol motifs (C(OH)–C–C–N with tert-alkyl or cyclic N) is 1. The number of hydrogen-bond acceptors (Lipinski definition) is 5. The topological polar surface area (TPSA) is 104 Å². The van der Waals surface area contributed by atoms with Gasteiger partial charge < -0.3 is 15.7 Å². The summed E-state index contributed by atoms with van der Waals surface area (Å²) in [5.41, 5.74) is 6.72. The normalized spacial score (nSPS) is 18.9. The van der Waals surface area contributed by atoms with Crippen LogP contribution in [-0.4, -0.2) is 45.6 Å². The Kier molecular flexibility index (Phi) is 6.76. The number of aliphatic hydroxyl groups excluding tert-OH is 1. The first-order valence-electron chi connectivity index (χ1n) is 8.95. The molecule has 1 amide bonds. The number of nitrogens with one attached hydrogen (secondary N) is 1. The number of benzene rings is 1. The second-order valence-electron chi connectivity index (χ2n) is 6.65. The third kappa shape index (κ3) is 4.99. The first-order valence-corrected chi connectivity index (χ1v) is 9.74. The molecule has 1 aromatic carbocycles. The van der Waals surface area contributed by atoms with Crippen LogP contribution < -0.4 is 16.0 Å². The molecule has 2 atom stereocenters. The zero-order valence-corrected chi connectivity index (χ0v) is 17.3. The molecule has 156 valence electrons. The summed E-state index contributed by atoms with van der Waals surface area (Å²) in [6, 6.07) is 9.54. The van der Waals surface area contributed by atoms with E-state index in [4.69, 9.17) is 29.6 Å². The molecule has 3 rings (SSSR count). The Bertz CT molecular complexity index is 1020. The van der Waals surface area contributed by atoms with Crippen LogP contribution in [0.3, 0.4) is 0 Å². The summed E-state index contributed by atoms with van der Waals surface area (Å²) >= 11 is 11.3. The Morgan fingerprint density at radius 1 is 1.40 bits per heavy atom. The molecule has 1 aliphatic rings. The Balaban J connectivity index is 1.76. The van der Waals surface area contributed by atoms with E-state index < -0.39 is 23.9 Å². The molecular formula is C20H19ClFN5O2S. The van der Waals surface area contributed by atoms with Crippen molar-refractivity contribution >= 4 is 52.3 Å². The molecular weight excluding hydrogens is 429 g/mol. The molecule has 0 radical (unpaired) electrons. The summed E-state index contributed by atoms with van der Waals surface area (Å²) in [7, 11) is 0. The van der Waals surface area contributed by atoms with Gasteiger partial charge >= 0.3 is 0 Å². The number of amidine groups is 1. The van der Waals surface area contributed by atoms with Crippen LogP contribution in [0.4, 0.5) is 10.2 Å². The summed E-state index contributed by atoms with van der Waals surface area (Å²) in [6.07, 6.45) is 0.626. The maximum atomic E-state index is 13.3. The number of carbonyl (C=O) groups is 1. The van der Waals surface area contributed by atoms with Gasteiger partial charge in [-0.05, 0) is 18.3 Å². The highest BCUT2D eigenvalue weighted by Crippen LogP contribution is 2.32. The number of hydrogen-bond donors (Lipinski definition) is 3. The second kappa shape index (κ2) is 9.29. The monoisotopic (exact) mass is 447 g/mol. The summed E-state index contributed by atoms with van der Waals surface area (Å²) in [5.74, 6) is -0.753. The van der Waals surface area contributed by atoms with Gasteiger partial charge in [-0.2, -0.15) is 0 Å². The number of aliphatic hydroxyl groups is 1. The van der Waals surface area contributed by atoms with Crippen LogP contribution in [0.25, 0.3) is 5.83 Å². The standard InChI is InChI=1S/C20H19ClFN5O2S/c1-11(22)13-7-15(21)18(24-9-13)27-10-14(28)8-16(27)19(29)26-20(30)25-17(23)12-5-3-2-4-6-12/h2-7,9,14,16,28H,1,8,10H2,(H3,23,25,26,29,30). The van der Waals surface area contributed by atoms with Gasteiger partial charge in [0.25, 0.3) is 0 Å². The van der Waals surface area contributed by atoms with E-state index >= 15 is 0 Å². The van der Waals surface area contributed by atoms with Crippen molar-refractivity contribution in [1.29, 1.82) is 0 Å². The van der Waals surface area contributed by atoms with E-state index in [1.54, 1.807) is 29.2 Å². The highest BCUT2D eigenvalue weighted by Gasteiger charge is 2.38. The van der Waals surface area contributed by atoms with Gasteiger partial charge in [0, 0.05) is 30.3 Å². The molecule has 0 aliphatic carbocycles. The number of nitrogens with zero attached hydrogens (tertiary/aromatic N) is 3. The van der Waals surface area contributed by atoms with Gasteiger partial charge in [-0.15, -0.1) is 0 Å². The van der Waals surface area contributed by atoms with Gasteiger partial charge in [-0.25, -0.2) is 14.4 Å². The Morgan fingerprint density at radius 3 is 2.73 bits per heavy atom. The number of rotatable bonds is 4. The van der Waals surface area contributed by atoms with E-state index in [-0.39, 0.29) is 40.3 Å². The van der Waals surface area contributed by atoms with Crippen LogP contribution in [0.2, 0.25) is 5.02 Å². The van der Waals surface area contributed by atoms with E-state index in [9.17, 15) is 14.3 Å². The van der Waals surface area contributed by atoms with Crippen molar-refractivity contribution in [3.63, 3.8) is 0 Å². The molecule has 2 unspecified atom stereocenters. The number of aliphatic imine (C=N–C) groups is 1. The van der Waals surface area contributed by atoms with Gasteiger partial charge in [0.2, 0.25) is 11.0 Å². The van der Waals surface area contributed by atoms with Crippen LogP contribution in [0, 0.1) is 0 Å². The maximum Gasteiger partial charge on any atom is 0.249 e. The molecule has 0 spiro atoms. The van der Waals surface area contributed by atoms with Crippen LogP contribution in [0.1, 0.15) is 17.5 Å². The SMILES string of the molecule is C=C(F)c1cnc(N2CC(O)CC2C(=O)NC(=S)N=C(N)c2ccccc2)c(Cl)c1. The zero-order valence-electron chi connectivity index (χ0n) is 15.8. The molecule has 0 saturated carbocycles. The predicted molar refractivity (Wildman–Crippen MR) is 119 cm³/mol. The molecule has 0 bridgehead atoms. The predicted octanol–water partition coefficient (Wildman–Crippen LogP) is 2.42. The number of amides is 1. The van der Waals surface area contributed by atoms with Crippen molar-refractivity contribution in [3.05, 3.63) is 65.3 Å². The van der Waals surface area contributed by atoms with Crippen molar-refractivity contribution in [2.75, 3.05) is 11.4 Å².